The van der Waals surface area contributed by atoms with Crippen molar-refractivity contribution in [3.05, 3.63) is 53.5 Å². The van der Waals surface area contributed by atoms with E-state index in [0.717, 1.165) is 63.2 Å². The van der Waals surface area contributed by atoms with Crippen LogP contribution in [0.1, 0.15) is 70.0 Å². The van der Waals surface area contributed by atoms with Crippen LogP contribution in [0.3, 0.4) is 0 Å². The Morgan fingerprint density at radius 3 is 2.15 bits per heavy atom. The van der Waals surface area contributed by atoms with Crippen molar-refractivity contribution in [2.75, 3.05) is 13.7 Å². The van der Waals surface area contributed by atoms with Crippen LogP contribution in [0.4, 0.5) is 0 Å². The van der Waals surface area contributed by atoms with Crippen LogP contribution in [0, 0.1) is 0 Å². The minimum Gasteiger partial charge on any atom is -0.497 e. The van der Waals surface area contributed by atoms with Gasteiger partial charge in [0.25, 0.3) is 0 Å². The number of hydrogen-bond acceptors (Lipinski definition) is 4. The van der Waals surface area contributed by atoms with Crippen LogP contribution in [-0.4, -0.2) is 23.7 Å². The summed E-state index contributed by atoms with van der Waals surface area (Å²) in [5, 5.41) is 11.0. The minimum absolute atomic E-state index is 0.710. The SMILES string of the molecule is CCCN(Cc1ccc(OC)cc1)Cc1ccc(C(O)(CCC)CCC)o1. The summed E-state index contributed by atoms with van der Waals surface area (Å²) in [6, 6.07) is 12.2. The molecule has 2 rings (SSSR count). The van der Waals surface area contributed by atoms with Crippen LogP contribution < -0.4 is 4.74 Å². The maximum atomic E-state index is 11.0. The molecule has 1 aromatic heterocycles. The molecule has 2 aromatic rings. The molecule has 4 nitrogen and oxygen atoms in total. The normalized spacial score (nSPS) is 11.9. The first-order valence-corrected chi connectivity index (χ1v) is 10.2. The highest BCUT2D eigenvalue weighted by molar-refractivity contribution is 5.27. The highest BCUT2D eigenvalue weighted by Gasteiger charge is 2.31. The third kappa shape index (κ3) is 6.12. The van der Waals surface area contributed by atoms with Gasteiger partial charge in [-0.05, 0) is 55.6 Å². The van der Waals surface area contributed by atoms with Crippen LogP contribution in [0.15, 0.2) is 40.8 Å². The average Bonchev–Trinajstić information content (AvgIpc) is 3.12. The van der Waals surface area contributed by atoms with Gasteiger partial charge in [0.05, 0.1) is 13.7 Å². The van der Waals surface area contributed by atoms with Crippen molar-refractivity contribution in [1.29, 1.82) is 0 Å². The molecule has 4 heteroatoms. The molecule has 0 aliphatic rings. The lowest BCUT2D eigenvalue weighted by atomic mass is 9.90. The molecular weight excluding hydrogens is 338 g/mol. The number of furan rings is 1. The highest BCUT2D eigenvalue weighted by atomic mass is 16.5. The van der Waals surface area contributed by atoms with Crippen LogP contribution in [0.5, 0.6) is 5.75 Å². The lowest BCUT2D eigenvalue weighted by molar-refractivity contribution is -0.00520. The van der Waals surface area contributed by atoms with Crippen LogP contribution >= 0.6 is 0 Å². The number of ether oxygens (including phenoxy) is 1. The molecule has 1 aromatic carbocycles. The van der Waals surface area contributed by atoms with Gasteiger partial charge in [-0.1, -0.05) is 45.7 Å². The zero-order chi connectivity index (χ0) is 19.7. The van der Waals surface area contributed by atoms with Crippen LogP contribution in [0.2, 0.25) is 0 Å². The fraction of sp³-hybridized carbons (Fsp3) is 0.565. The van der Waals surface area contributed by atoms with Crippen LogP contribution in [-0.2, 0) is 18.7 Å². The fourth-order valence-corrected chi connectivity index (χ4v) is 3.65. The molecule has 0 spiro atoms. The van der Waals surface area contributed by atoms with Gasteiger partial charge < -0.3 is 14.3 Å². The molecule has 0 fully saturated rings. The highest BCUT2D eigenvalue weighted by Crippen LogP contribution is 2.33. The minimum atomic E-state index is -0.840. The second-order valence-corrected chi connectivity index (χ2v) is 7.36. The molecule has 0 atom stereocenters. The second-order valence-electron chi connectivity index (χ2n) is 7.36. The molecule has 0 saturated heterocycles. The molecule has 1 heterocycles. The van der Waals surface area contributed by atoms with Gasteiger partial charge in [-0.3, -0.25) is 4.90 Å². The first-order valence-electron chi connectivity index (χ1n) is 10.2. The van der Waals surface area contributed by atoms with Gasteiger partial charge in [-0.2, -0.15) is 0 Å². The van der Waals surface area contributed by atoms with Gasteiger partial charge in [-0.15, -0.1) is 0 Å². The molecule has 0 aliphatic carbocycles. The number of nitrogens with zero attached hydrogens (tertiary/aromatic N) is 1. The van der Waals surface area contributed by atoms with Gasteiger partial charge in [-0.25, -0.2) is 0 Å². The summed E-state index contributed by atoms with van der Waals surface area (Å²) in [5.74, 6) is 2.50. The van der Waals surface area contributed by atoms with Crippen LogP contribution in [0.25, 0.3) is 0 Å². The third-order valence-electron chi connectivity index (χ3n) is 4.93. The topological polar surface area (TPSA) is 45.8 Å². The molecule has 27 heavy (non-hydrogen) atoms. The predicted octanol–water partition coefficient (Wildman–Crippen LogP) is 5.49. The van der Waals surface area contributed by atoms with E-state index in [2.05, 4.69) is 37.8 Å². The van der Waals surface area contributed by atoms with Crippen molar-refractivity contribution in [2.24, 2.45) is 0 Å². The summed E-state index contributed by atoms with van der Waals surface area (Å²) in [7, 11) is 1.69. The van der Waals surface area contributed by atoms with E-state index >= 15 is 0 Å². The smallest absolute Gasteiger partial charge is 0.135 e. The number of hydrogen-bond donors (Lipinski definition) is 1. The molecule has 0 saturated carbocycles. The molecule has 0 aliphatic heterocycles. The Morgan fingerprint density at radius 2 is 1.59 bits per heavy atom. The Morgan fingerprint density at radius 1 is 0.926 bits per heavy atom. The predicted molar refractivity (Wildman–Crippen MR) is 110 cm³/mol. The van der Waals surface area contributed by atoms with Crippen molar-refractivity contribution < 1.29 is 14.3 Å². The first kappa shape index (κ1) is 21.5. The van der Waals surface area contributed by atoms with Crippen molar-refractivity contribution in [2.45, 2.75) is 71.6 Å². The average molecular weight is 374 g/mol. The van der Waals surface area contributed by atoms with Gasteiger partial charge in [0.1, 0.15) is 22.9 Å². The molecule has 0 bridgehead atoms. The number of rotatable bonds is 12. The zero-order valence-electron chi connectivity index (χ0n) is 17.3. The lowest BCUT2D eigenvalue weighted by Crippen LogP contribution is -2.25. The molecular formula is C23H35NO3. The maximum absolute atomic E-state index is 11.0. The van der Waals surface area contributed by atoms with Gasteiger partial charge in [0.15, 0.2) is 0 Å². The Kier molecular flexibility index (Phi) is 8.39. The fourth-order valence-electron chi connectivity index (χ4n) is 3.65. The van der Waals surface area contributed by atoms with Crippen molar-refractivity contribution >= 4 is 0 Å². The van der Waals surface area contributed by atoms with Gasteiger partial charge in [0.2, 0.25) is 0 Å². The Hall–Kier alpha value is -1.78. The molecule has 0 radical (unpaired) electrons. The van der Waals surface area contributed by atoms with E-state index in [0.29, 0.717) is 5.76 Å². The largest absolute Gasteiger partial charge is 0.497 e. The molecule has 150 valence electrons. The monoisotopic (exact) mass is 373 g/mol. The Balaban J connectivity index is 2.08. The zero-order valence-corrected chi connectivity index (χ0v) is 17.3. The van der Waals surface area contributed by atoms with Gasteiger partial charge in [0, 0.05) is 6.54 Å². The summed E-state index contributed by atoms with van der Waals surface area (Å²) in [4.78, 5) is 2.38. The summed E-state index contributed by atoms with van der Waals surface area (Å²) in [5.41, 5.74) is 0.414. The van der Waals surface area contributed by atoms with Crippen molar-refractivity contribution in [1.82, 2.24) is 4.90 Å². The Bertz CT molecular complexity index is 657. The lowest BCUT2D eigenvalue weighted by Gasteiger charge is -2.25. The second kappa shape index (κ2) is 10.5. The summed E-state index contributed by atoms with van der Waals surface area (Å²) < 4.78 is 11.3. The van der Waals surface area contributed by atoms with Gasteiger partial charge >= 0.3 is 0 Å². The van der Waals surface area contributed by atoms with E-state index in [-0.39, 0.29) is 0 Å². The van der Waals surface area contributed by atoms with E-state index in [1.807, 2.05) is 24.3 Å². The van der Waals surface area contributed by atoms with E-state index in [4.69, 9.17) is 9.15 Å². The summed E-state index contributed by atoms with van der Waals surface area (Å²) in [6.07, 6.45) is 4.42. The standard InChI is InChI=1S/C23H35NO3/c1-5-14-23(25,15-6-2)22-13-12-21(27-22)18-24(16-7-3)17-19-8-10-20(26-4)11-9-19/h8-13,25H,5-7,14-18H2,1-4H3. The van der Waals surface area contributed by atoms with E-state index in [1.165, 1.54) is 5.56 Å². The quantitative estimate of drug-likeness (QED) is 0.534. The number of methoxy groups -OCH3 is 1. The molecule has 1 N–H and O–H groups in total. The van der Waals surface area contributed by atoms with Crippen molar-refractivity contribution in [3.63, 3.8) is 0 Å². The van der Waals surface area contributed by atoms with E-state index < -0.39 is 5.60 Å². The summed E-state index contributed by atoms with van der Waals surface area (Å²) >= 11 is 0. The molecule has 0 amide bonds. The van der Waals surface area contributed by atoms with Crippen molar-refractivity contribution in [3.8, 4) is 5.75 Å². The number of aliphatic hydroxyl groups is 1. The Labute approximate surface area is 164 Å². The van der Waals surface area contributed by atoms with E-state index in [1.54, 1.807) is 7.11 Å². The maximum Gasteiger partial charge on any atom is 0.135 e. The summed E-state index contributed by atoms with van der Waals surface area (Å²) in [6.45, 7) is 8.99. The first-order chi connectivity index (χ1) is 13.0. The van der Waals surface area contributed by atoms with E-state index in [9.17, 15) is 5.11 Å². The third-order valence-corrected chi connectivity index (χ3v) is 4.93. The molecule has 0 unspecified atom stereocenters. The number of benzene rings is 1.